The summed E-state index contributed by atoms with van der Waals surface area (Å²) in [7, 11) is 0. The van der Waals surface area contributed by atoms with Crippen LogP contribution in [0.4, 0.5) is 0 Å². The van der Waals surface area contributed by atoms with Crippen LogP contribution < -0.4 is 5.32 Å². The molecule has 0 radical (unpaired) electrons. The molecule has 4 nitrogen and oxygen atoms in total. The van der Waals surface area contributed by atoms with Crippen LogP contribution in [0.15, 0.2) is 71.3 Å². The maximum atomic E-state index is 12.8. The molecule has 0 aliphatic heterocycles. The van der Waals surface area contributed by atoms with Gasteiger partial charge < -0.3 is 14.3 Å². The first-order valence-corrected chi connectivity index (χ1v) is 9.13. The number of aryl methyl sites for hydroxylation is 1. The summed E-state index contributed by atoms with van der Waals surface area (Å²) in [5.74, 6) is -0.145. The standard InChI is InChI=1S/C22H19ClN2O2/c1-15-5-7-16(8-6-15)14-25-19-9-10-27-21(19)12-20(25)22(26)24-13-17-3-2-4-18(23)11-17/h2-12H,13-14H2,1H3,(H,24,26). The van der Waals surface area contributed by atoms with E-state index in [0.29, 0.717) is 29.4 Å². The molecule has 2 heterocycles. The molecular weight excluding hydrogens is 360 g/mol. The van der Waals surface area contributed by atoms with Crippen LogP contribution in [-0.4, -0.2) is 10.5 Å². The zero-order valence-corrected chi connectivity index (χ0v) is 15.7. The summed E-state index contributed by atoms with van der Waals surface area (Å²) < 4.78 is 7.49. The van der Waals surface area contributed by atoms with Crippen molar-refractivity contribution in [3.63, 3.8) is 0 Å². The maximum Gasteiger partial charge on any atom is 0.268 e. The summed E-state index contributed by atoms with van der Waals surface area (Å²) >= 11 is 6.01. The summed E-state index contributed by atoms with van der Waals surface area (Å²) in [6.45, 7) is 3.07. The van der Waals surface area contributed by atoms with Gasteiger partial charge >= 0.3 is 0 Å². The first kappa shape index (κ1) is 17.4. The minimum Gasteiger partial charge on any atom is -0.463 e. The first-order valence-electron chi connectivity index (χ1n) is 8.75. The van der Waals surface area contributed by atoms with Crippen molar-refractivity contribution >= 4 is 28.6 Å². The molecule has 136 valence electrons. The van der Waals surface area contributed by atoms with Crippen molar-refractivity contribution in [1.29, 1.82) is 0 Å². The number of fused-ring (bicyclic) bond motifs is 1. The Morgan fingerprint density at radius 3 is 2.67 bits per heavy atom. The summed E-state index contributed by atoms with van der Waals surface area (Å²) in [6, 6.07) is 19.4. The van der Waals surface area contributed by atoms with Crippen LogP contribution in [0.5, 0.6) is 0 Å². The summed E-state index contributed by atoms with van der Waals surface area (Å²) in [5.41, 5.74) is 5.48. The molecule has 2 aromatic carbocycles. The molecule has 4 rings (SSSR count). The van der Waals surface area contributed by atoms with E-state index in [2.05, 4.69) is 36.5 Å². The lowest BCUT2D eigenvalue weighted by atomic mass is 10.1. The predicted octanol–water partition coefficient (Wildman–Crippen LogP) is 5.17. The Balaban J connectivity index is 1.59. The minimum atomic E-state index is -0.145. The van der Waals surface area contributed by atoms with Crippen LogP contribution in [0.25, 0.3) is 11.1 Å². The number of furan rings is 1. The Morgan fingerprint density at radius 2 is 1.89 bits per heavy atom. The SMILES string of the molecule is Cc1ccc(Cn2c(C(=O)NCc3cccc(Cl)c3)cc3occc32)cc1. The number of hydrogen-bond acceptors (Lipinski definition) is 2. The Labute approximate surface area is 162 Å². The van der Waals surface area contributed by atoms with Crippen LogP contribution in [-0.2, 0) is 13.1 Å². The van der Waals surface area contributed by atoms with E-state index in [9.17, 15) is 4.79 Å². The van der Waals surface area contributed by atoms with Crippen molar-refractivity contribution in [3.05, 3.63) is 94.3 Å². The number of carbonyl (C=O) groups is 1. The topological polar surface area (TPSA) is 47.2 Å². The molecule has 0 saturated heterocycles. The average Bonchev–Trinajstić information content (AvgIpc) is 3.24. The highest BCUT2D eigenvalue weighted by Crippen LogP contribution is 2.23. The Bertz CT molecular complexity index is 1090. The lowest BCUT2D eigenvalue weighted by Gasteiger charge is -2.11. The van der Waals surface area contributed by atoms with Crippen molar-refractivity contribution in [2.45, 2.75) is 20.0 Å². The molecule has 0 atom stereocenters. The molecule has 0 aliphatic carbocycles. The lowest BCUT2D eigenvalue weighted by molar-refractivity contribution is 0.0942. The van der Waals surface area contributed by atoms with Crippen LogP contribution >= 0.6 is 11.6 Å². The second-order valence-electron chi connectivity index (χ2n) is 6.58. The fourth-order valence-corrected chi connectivity index (χ4v) is 3.34. The molecule has 1 N–H and O–H groups in total. The van der Waals surface area contributed by atoms with Gasteiger partial charge in [-0.15, -0.1) is 0 Å². The molecule has 5 heteroatoms. The minimum absolute atomic E-state index is 0.145. The molecule has 4 aromatic rings. The van der Waals surface area contributed by atoms with Crippen LogP contribution in [0.2, 0.25) is 5.02 Å². The highest BCUT2D eigenvalue weighted by molar-refractivity contribution is 6.30. The Hall–Kier alpha value is -2.98. The third-order valence-corrected chi connectivity index (χ3v) is 4.79. The van der Waals surface area contributed by atoms with Gasteiger partial charge in [-0.05, 0) is 30.2 Å². The van der Waals surface area contributed by atoms with Gasteiger partial charge in [0.25, 0.3) is 5.91 Å². The van der Waals surface area contributed by atoms with Gasteiger partial charge in [-0.2, -0.15) is 0 Å². The molecule has 0 spiro atoms. The quantitative estimate of drug-likeness (QED) is 0.520. The van der Waals surface area contributed by atoms with E-state index in [1.807, 2.05) is 34.9 Å². The van der Waals surface area contributed by atoms with Gasteiger partial charge in [0, 0.05) is 30.2 Å². The smallest absolute Gasteiger partial charge is 0.268 e. The number of nitrogens with one attached hydrogen (secondary N) is 1. The zero-order chi connectivity index (χ0) is 18.8. The number of nitrogens with zero attached hydrogens (tertiary/aromatic N) is 1. The lowest BCUT2D eigenvalue weighted by Crippen LogP contribution is -2.25. The van der Waals surface area contributed by atoms with E-state index in [1.54, 1.807) is 12.3 Å². The predicted molar refractivity (Wildman–Crippen MR) is 107 cm³/mol. The first-order chi connectivity index (χ1) is 13.1. The molecule has 2 aromatic heterocycles. The van der Waals surface area contributed by atoms with Gasteiger partial charge in [0.05, 0.1) is 11.8 Å². The molecule has 0 aliphatic rings. The van der Waals surface area contributed by atoms with Gasteiger partial charge in [-0.25, -0.2) is 0 Å². The molecule has 27 heavy (non-hydrogen) atoms. The number of benzene rings is 2. The number of rotatable bonds is 5. The molecule has 0 unspecified atom stereocenters. The van der Waals surface area contributed by atoms with E-state index in [-0.39, 0.29) is 5.91 Å². The molecule has 1 amide bonds. The zero-order valence-electron chi connectivity index (χ0n) is 14.9. The van der Waals surface area contributed by atoms with Crippen molar-refractivity contribution in [2.75, 3.05) is 0 Å². The Kier molecular flexibility index (Phi) is 4.73. The normalized spacial score (nSPS) is 11.0. The van der Waals surface area contributed by atoms with E-state index in [1.165, 1.54) is 5.56 Å². The largest absolute Gasteiger partial charge is 0.463 e. The maximum absolute atomic E-state index is 12.8. The molecule has 0 fully saturated rings. The summed E-state index contributed by atoms with van der Waals surface area (Å²) in [4.78, 5) is 12.8. The number of aromatic nitrogens is 1. The summed E-state index contributed by atoms with van der Waals surface area (Å²) in [5, 5.41) is 3.62. The van der Waals surface area contributed by atoms with Gasteiger partial charge in [0.2, 0.25) is 0 Å². The Morgan fingerprint density at radius 1 is 1.07 bits per heavy atom. The highest BCUT2D eigenvalue weighted by Gasteiger charge is 2.17. The number of halogens is 1. The van der Waals surface area contributed by atoms with E-state index >= 15 is 0 Å². The number of amides is 1. The van der Waals surface area contributed by atoms with Gasteiger partial charge in [0.15, 0.2) is 5.58 Å². The number of carbonyl (C=O) groups excluding carboxylic acids is 1. The molecule has 0 saturated carbocycles. The summed E-state index contributed by atoms with van der Waals surface area (Å²) in [6.07, 6.45) is 1.64. The third kappa shape index (κ3) is 3.76. The molecule has 0 bridgehead atoms. The van der Waals surface area contributed by atoms with E-state index in [4.69, 9.17) is 16.0 Å². The second-order valence-corrected chi connectivity index (χ2v) is 7.02. The van der Waals surface area contributed by atoms with Gasteiger partial charge in [0.1, 0.15) is 5.69 Å². The van der Waals surface area contributed by atoms with E-state index in [0.717, 1.165) is 16.6 Å². The van der Waals surface area contributed by atoms with Crippen molar-refractivity contribution in [2.24, 2.45) is 0 Å². The fraction of sp³-hybridized carbons (Fsp3) is 0.136. The van der Waals surface area contributed by atoms with Crippen LogP contribution in [0, 0.1) is 6.92 Å². The monoisotopic (exact) mass is 378 g/mol. The van der Waals surface area contributed by atoms with Gasteiger partial charge in [-0.3, -0.25) is 4.79 Å². The average molecular weight is 379 g/mol. The van der Waals surface area contributed by atoms with E-state index < -0.39 is 0 Å². The van der Waals surface area contributed by atoms with Crippen LogP contribution in [0.1, 0.15) is 27.2 Å². The van der Waals surface area contributed by atoms with Gasteiger partial charge in [-0.1, -0.05) is 53.6 Å². The van der Waals surface area contributed by atoms with Crippen LogP contribution in [0.3, 0.4) is 0 Å². The van der Waals surface area contributed by atoms with Crippen molar-refractivity contribution in [1.82, 2.24) is 9.88 Å². The second kappa shape index (κ2) is 7.33. The van der Waals surface area contributed by atoms with Crippen molar-refractivity contribution < 1.29 is 9.21 Å². The highest BCUT2D eigenvalue weighted by atomic mass is 35.5. The molecular formula is C22H19ClN2O2. The number of hydrogen-bond donors (Lipinski definition) is 1. The van der Waals surface area contributed by atoms with Crippen molar-refractivity contribution in [3.8, 4) is 0 Å². The third-order valence-electron chi connectivity index (χ3n) is 4.56. The fourth-order valence-electron chi connectivity index (χ4n) is 3.13.